The molecule has 6 aliphatic heterocycles. The second kappa shape index (κ2) is 29.6. The maximum absolute atomic E-state index is 14.3. The number of ether oxygens (including phenoxy) is 1. The highest BCUT2D eigenvalue weighted by Crippen LogP contribution is 2.39. The minimum absolute atomic E-state index is 0.0555. The van der Waals surface area contributed by atoms with Gasteiger partial charge in [-0.1, -0.05) is 38.5 Å². The SMILES string of the molecule is CC[C@H](C)[C@H](NC(=O)CCNC(=O)[C@@H](CCC(=O)O)NC(=O)CCNC(=O)CN1CCC(CN2CCN3CCN(CC2)CC(=O)[O][Al]([F])[O]C(=O)C3)CC1)C(=O)N[C@H]1CCc2cccc3c2N(C1=O)[C@H](C(=O)NC1CC(=O)OC1O)C3. The number of fused-ring (bicyclic) bond motifs is 3. The smallest absolute Gasteiger partial charge is 0.558 e. The van der Waals surface area contributed by atoms with Gasteiger partial charge in [-0.15, -0.1) is 0 Å². The summed E-state index contributed by atoms with van der Waals surface area (Å²) in [6.07, 6.45) is -0.223. The maximum Gasteiger partial charge on any atom is 1.15 e. The topological polar surface area (TPSA) is 344 Å². The van der Waals surface area contributed by atoms with Crippen molar-refractivity contribution in [1.82, 2.24) is 51.5 Å². The molecule has 0 aromatic heterocycles. The van der Waals surface area contributed by atoms with Crippen LogP contribution < -0.4 is 36.8 Å². The fraction of sp³-hybridized carbons (Fsp3) is 0.673. The average molecular weight is 1160 g/mol. The van der Waals surface area contributed by atoms with Crippen LogP contribution in [0.3, 0.4) is 0 Å². The fourth-order valence-electron chi connectivity index (χ4n) is 11.0. The van der Waals surface area contributed by atoms with Crippen molar-refractivity contribution in [3.05, 3.63) is 29.3 Å². The van der Waals surface area contributed by atoms with Crippen molar-refractivity contribution in [2.24, 2.45) is 11.8 Å². The quantitative estimate of drug-likeness (QED) is 0.0417. The molecule has 1 aromatic carbocycles. The average Bonchev–Trinajstić information content (AvgIpc) is 3.95. The summed E-state index contributed by atoms with van der Waals surface area (Å²) >= 11 is -3.89. The third-order valence-electron chi connectivity index (χ3n) is 15.7. The number of anilines is 1. The molecule has 4 saturated heterocycles. The summed E-state index contributed by atoms with van der Waals surface area (Å²) in [5, 5.41) is 35.5. The van der Waals surface area contributed by atoms with E-state index in [1.54, 1.807) is 13.0 Å². The van der Waals surface area contributed by atoms with Gasteiger partial charge in [-0.2, -0.15) is 0 Å². The van der Waals surface area contributed by atoms with Crippen molar-refractivity contribution >= 4 is 86.2 Å². The first-order valence-corrected chi connectivity index (χ1v) is 29.3. The van der Waals surface area contributed by atoms with Crippen molar-refractivity contribution in [2.45, 2.75) is 121 Å². The van der Waals surface area contributed by atoms with Crippen LogP contribution in [0.5, 0.6) is 0 Å². The number of carboxylic acid groups (broad SMARTS) is 1. The molecule has 29 heteroatoms. The Morgan fingerprint density at radius 3 is 2.00 bits per heavy atom. The lowest BCUT2D eigenvalue weighted by Gasteiger charge is -2.35. The predicted octanol–water partition coefficient (Wildman–Crippen LogP) is -3.30. The summed E-state index contributed by atoms with van der Waals surface area (Å²) in [4.78, 5) is 152. The van der Waals surface area contributed by atoms with Crippen LogP contribution in [-0.2, 0) is 77.9 Å². The number of carbonyl (C=O) groups is 11. The van der Waals surface area contributed by atoms with Crippen LogP contribution in [0.1, 0.15) is 82.8 Å². The number of esters is 1. The molecular formula is C52H75AlFN11O16. The second-order valence-electron chi connectivity index (χ2n) is 21.6. The van der Waals surface area contributed by atoms with Crippen LogP contribution >= 0.6 is 0 Å². The van der Waals surface area contributed by atoms with Gasteiger partial charge in [-0.25, -0.2) is 0 Å². The number of aliphatic carboxylic acids is 1. The van der Waals surface area contributed by atoms with Gasteiger partial charge in [0.05, 0.1) is 31.7 Å². The monoisotopic (exact) mass is 1160 g/mol. The molecule has 0 saturated carbocycles. The number of nitrogens with zero attached hydrogens (tertiary/aromatic N) is 5. The Bertz CT molecular complexity index is 2470. The normalized spacial score (nSPS) is 24.9. The largest absolute Gasteiger partial charge is 1.15 e. The highest BCUT2D eigenvalue weighted by molar-refractivity contribution is 6.41. The number of amides is 7. The molecule has 6 aliphatic rings. The summed E-state index contributed by atoms with van der Waals surface area (Å²) in [6, 6.07) is -0.0963. The van der Waals surface area contributed by atoms with Crippen LogP contribution in [0, 0.1) is 11.8 Å². The predicted molar refractivity (Wildman–Crippen MR) is 283 cm³/mol. The van der Waals surface area contributed by atoms with E-state index in [-0.39, 0.29) is 77.2 Å². The number of hydrogen-bond acceptors (Lipinski definition) is 19. The number of benzene rings is 1. The molecule has 0 spiro atoms. The number of halogens is 1. The number of nitrogens with one attached hydrogen (secondary N) is 6. The summed E-state index contributed by atoms with van der Waals surface area (Å²) in [6.45, 7) is 8.76. The highest BCUT2D eigenvalue weighted by Gasteiger charge is 2.47. The Morgan fingerprint density at radius 1 is 0.741 bits per heavy atom. The molecule has 1 aromatic rings. The Labute approximate surface area is 473 Å². The molecule has 0 radical (unpaired) electrons. The van der Waals surface area contributed by atoms with Crippen LogP contribution in [0.15, 0.2) is 18.2 Å². The van der Waals surface area contributed by atoms with E-state index in [0.29, 0.717) is 76.8 Å². The van der Waals surface area contributed by atoms with E-state index < -0.39 is 123 Å². The lowest BCUT2D eigenvalue weighted by molar-refractivity contribution is -0.155. The lowest BCUT2D eigenvalue weighted by atomic mass is 9.96. The Hall–Kier alpha value is -6.35. The number of aryl methyl sites for hydroxylation is 1. The molecule has 2 bridgehead atoms. The van der Waals surface area contributed by atoms with Gasteiger partial charge in [0.1, 0.15) is 30.2 Å². The first kappa shape index (κ1) is 62.3. The van der Waals surface area contributed by atoms with Gasteiger partial charge >= 0.3 is 27.2 Å². The van der Waals surface area contributed by atoms with Gasteiger partial charge in [0, 0.05) is 84.6 Å². The number of hydrogen-bond donors (Lipinski definition) is 8. The van der Waals surface area contributed by atoms with Crippen LogP contribution in [0.4, 0.5) is 9.21 Å². The molecule has 81 heavy (non-hydrogen) atoms. The molecule has 7 rings (SSSR count). The van der Waals surface area contributed by atoms with Crippen molar-refractivity contribution < 1.29 is 78.8 Å². The second-order valence-corrected chi connectivity index (χ2v) is 22.6. The van der Waals surface area contributed by atoms with E-state index in [2.05, 4.69) is 36.8 Å². The summed E-state index contributed by atoms with van der Waals surface area (Å²) in [7, 11) is 0. The Morgan fingerprint density at radius 2 is 1.37 bits per heavy atom. The third kappa shape index (κ3) is 18.1. The van der Waals surface area contributed by atoms with Crippen molar-refractivity contribution in [1.29, 1.82) is 0 Å². The van der Waals surface area contributed by atoms with Gasteiger partial charge < -0.3 is 62.9 Å². The molecule has 8 N–H and O–H groups in total. The molecule has 4 fully saturated rings. The molecule has 27 nitrogen and oxygen atoms in total. The number of likely N-dealkylation sites (tertiary alicyclic amines) is 1. The molecule has 444 valence electrons. The first-order valence-electron chi connectivity index (χ1n) is 27.9. The van der Waals surface area contributed by atoms with Crippen molar-refractivity contribution in [2.75, 3.05) is 96.5 Å². The zero-order valence-electron chi connectivity index (χ0n) is 45.8. The van der Waals surface area contributed by atoms with Crippen LogP contribution in [0.25, 0.3) is 0 Å². The minimum Gasteiger partial charge on any atom is -0.558 e. The van der Waals surface area contributed by atoms with E-state index in [9.17, 15) is 66.5 Å². The zero-order chi connectivity index (χ0) is 58.3. The number of carboxylic acids is 1. The van der Waals surface area contributed by atoms with Gasteiger partial charge in [-0.3, -0.25) is 72.3 Å². The van der Waals surface area contributed by atoms with Gasteiger partial charge in [0.2, 0.25) is 47.6 Å². The third-order valence-corrected chi connectivity index (χ3v) is 16.6. The molecule has 6 heterocycles. The highest BCUT2D eigenvalue weighted by atomic mass is 27.3. The fourth-order valence-corrected chi connectivity index (χ4v) is 11.6. The Balaban J connectivity index is 0.823. The minimum atomic E-state index is -3.89. The molecule has 0 aliphatic carbocycles. The van der Waals surface area contributed by atoms with Crippen molar-refractivity contribution in [3.8, 4) is 0 Å². The van der Waals surface area contributed by atoms with Gasteiger partial charge in [0.25, 0.3) is 11.9 Å². The number of aliphatic hydroxyl groups excluding tert-OH is 1. The number of aliphatic hydroxyl groups is 1. The lowest BCUT2D eigenvalue weighted by Crippen LogP contribution is -2.59. The summed E-state index contributed by atoms with van der Waals surface area (Å²) < 4.78 is 28.3. The number of rotatable bonds is 22. The zero-order valence-corrected chi connectivity index (χ0v) is 47.0. The van der Waals surface area contributed by atoms with Crippen LogP contribution in [0.2, 0.25) is 0 Å². The molecule has 7 amide bonds. The molecule has 4 unspecified atom stereocenters. The standard InChI is InChI=1S/C52H77N11O16.Al.FH/c1-3-31(2)46(50(76)56-36-8-7-33-5-4-6-34-25-38(63(47(33)34)51(36)77)49(75)57-37-26-45(73)79-52(37)78)58-40(65)12-16-54-48(74)35(9-10-42(67)68)55-39(64)11-15-53-41(66)28-59-17-13-32(14-18-59)27-60-19-21-61(29-43(69)70)23-24-62(22-20-60)30-44(71)72;;/h4-6,31-32,35-38,46,52,78H,3,7-30H2,1-2H3,(H,53,66)(H,54,74)(H,55,64)(H,56,76)(H,57,75)(H,58,65)(H,67,68)(H,69,70)(H,71,72);;1H/q;+3;/p-3/t31-,35+,36-,37?,38-,46-,52?;;/m0../s1. The summed E-state index contributed by atoms with van der Waals surface area (Å²) in [5.74, 6) is -7.59. The number of carbonyl (C=O) groups excluding carboxylic acids is 10. The molecule has 9 atom stereocenters. The number of piperidine rings is 1. The van der Waals surface area contributed by atoms with Crippen LogP contribution in [-0.4, -0.2) is 238 Å². The van der Waals surface area contributed by atoms with E-state index in [0.717, 1.165) is 30.5 Å². The van der Waals surface area contributed by atoms with Gasteiger partial charge in [0.15, 0.2) is 0 Å². The first-order chi connectivity index (χ1) is 38.7. The van der Waals surface area contributed by atoms with E-state index >= 15 is 0 Å². The number of cyclic esters (lactones) is 1. The van der Waals surface area contributed by atoms with E-state index in [4.69, 9.17) is 12.3 Å². The number of para-hydroxylation sites is 1. The summed E-state index contributed by atoms with van der Waals surface area (Å²) in [5.41, 5.74) is 2.10. The molecular weight excluding hydrogens is 1080 g/mol. The Kier molecular flexibility index (Phi) is 22.7. The van der Waals surface area contributed by atoms with E-state index in [1.165, 1.54) is 4.90 Å². The van der Waals surface area contributed by atoms with Crippen molar-refractivity contribution in [3.63, 3.8) is 0 Å². The van der Waals surface area contributed by atoms with E-state index in [1.807, 2.05) is 33.8 Å². The maximum atomic E-state index is 14.3. The van der Waals surface area contributed by atoms with Gasteiger partial charge in [-0.05, 0) is 68.2 Å².